The molecule has 25 heavy (non-hydrogen) atoms. The summed E-state index contributed by atoms with van der Waals surface area (Å²) in [5, 5.41) is 10.3. The second-order valence-corrected chi connectivity index (χ2v) is 6.79. The fourth-order valence-electron chi connectivity index (χ4n) is 2.64. The van der Waals surface area contributed by atoms with Crippen molar-refractivity contribution in [3.63, 3.8) is 0 Å². The molecule has 128 valence electrons. The molecule has 0 radical (unpaired) electrons. The molecular weight excluding hydrogens is 314 g/mol. The molecular formula is C21H21NO3. The maximum atomic E-state index is 11.2. The number of carboxylic acids is 1. The first-order chi connectivity index (χ1) is 11.9. The topological polar surface area (TPSA) is 59.4 Å². The standard InChI is InChI=1S/C21H21NO3/c1-21(2,20(23)24)13-15-7-11-18(12-8-15)25-14-17-10-9-16-5-3-4-6-19(16)22-17/h3-12H,13-14H2,1-2H3,(H,23,24). The van der Waals surface area contributed by atoms with E-state index in [1.165, 1.54) is 0 Å². The number of hydrogen-bond donors (Lipinski definition) is 1. The summed E-state index contributed by atoms with van der Waals surface area (Å²) in [7, 11) is 0. The summed E-state index contributed by atoms with van der Waals surface area (Å²) in [5.74, 6) is -0.0537. The van der Waals surface area contributed by atoms with Crippen molar-refractivity contribution in [2.45, 2.75) is 26.9 Å². The Hall–Kier alpha value is -2.88. The molecule has 1 N–H and O–H groups in total. The second-order valence-electron chi connectivity index (χ2n) is 6.79. The summed E-state index contributed by atoms with van der Waals surface area (Å²) in [6.07, 6.45) is 0.481. The summed E-state index contributed by atoms with van der Waals surface area (Å²) in [6.45, 7) is 3.85. The van der Waals surface area contributed by atoms with Crippen molar-refractivity contribution >= 4 is 16.9 Å². The van der Waals surface area contributed by atoms with E-state index >= 15 is 0 Å². The van der Waals surface area contributed by atoms with Gasteiger partial charge in [0.25, 0.3) is 0 Å². The predicted octanol–water partition coefficient (Wildman–Crippen LogP) is 4.47. The Morgan fingerprint density at radius 3 is 2.48 bits per heavy atom. The number of aliphatic carboxylic acids is 1. The molecule has 4 heteroatoms. The average molecular weight is 335 g/mol. The van der Waals surface area contributed by atoms with Crippen molar-refractivity contribution in [2.75, 3.05) is 0 Å². The van der Waals surface area contributed by atoms with Crippen LogP contribution in [0.5, 0.6) is 5.75 Å². The van der Waals surface area contributed by atoms with Gasteiger partial charge in [-0.25, -0.2) is 4.98 Å². The monoisotopic (exact) mass is 335 g/mol. The smallest absolute Gasteiger partial charge is 0.309 e. The molecule has 0 spiro atoms. The highest BCUT2D eigenvalue weighted by molar-refractivity contribution is 5.78. The van der Waals surface area contributed by atoms with E-state index < -0.39 is 11.4 Å². The van der Waals surface area contributed by atoms with Gasteiger partial charge in [-0.2, -0.15) is 0 Å². The van der Waals surface area contributed by atoms with Gasteiger partial charge in [-0.1, -0.05) is 36.4 Å². The van der Waals surface area contributed by atoms with Crippen LogP contribution in [0, 0.1) is 5.41 Å². The highest BCUT2D eigenvalue weighted by atomic mass is 16.5. The van der Waals surface area contributed by atoms with Crippen LogP contribution >= 0.6 is 0 Å². The Balaban J connectivity index is 1.64. The molecule has 2 aromatic carbocycles. The molecule has 0 aliphatic rings. The first-order valence-electron chi connectivity index (χ1n) is 8.24. The van der Waals surface area contributed by atoms with Gasteiger partial charge in [0.2, 0.25) is 0 Å². The van der Waals surface area contributed by atoms with Crippen molar-refractivity contribution in [3.05, 3.63) is 71.9 Å². The molecule has 0 aliphatic carbocycles. The lowest BCUT2D eigenvalue weighted by Gasteiger charge is -2.19. The zero-order valence-corrected chi connectivity index (χ0v) is 14.4. The van der Waals surface area contributed by atoms with Crippen LogP contribution < -0.4 is 4.74 Å². The molecule has 3 aromatic rings. The highest BCUT2D eigenvalue weighted by Gasteiger charge is 2.27. The van der Waals surface area contributed by atoms with Gasteiger partial charge < -0.3 is 9.84 Å². The number of para-hydroxylation sites is 1. The normalized spacial score (nSPS) is 11.4. The van der Waals surface area contributed by atoms with Gasteiger partial charge in [0, 0.05) is 5.39 Å². The van der Waals surface area contributed by atoms with Crippen molar-refractivity contribution in [2.24, 2.45) is 5.41 Å². The SMILES string of the molecule is CC(C)(Cc1ccc(OCc2ccc3ccccc3n2)cc1)C(=O)O. The molecule has 1 heterocycles. The summed E-state index contributed by atoms with van der Waals surface area (Å²) >= 11 is 0. The molecule has 0 unspecified atom stereocenters. The van der Waals surface area contributed by atoms with E-state index in [1.807, 2.05) is 60.7 Å². The van der Waals surface area contributed by atoms with Crippen molar-refractivity contribution in [1.29, 1.82) is 0 Å². The first kappa shape index (κ1) is 17.0. The van der Waals surface area contributed by atoms with Gasteiger partial charge in [-0.05, 0) is 50.1 Å². The summed E-state index contributed by atoms with van der Waals surface area (Å²) in [6, 6.07) is 19.5. The zero-order chi connectivity index (χ0) is 17.9. The molecule has 4 nitrogen and oxygen atoms in total. The highest BCUT2D eigenvalue weighted by Crippen LogP contribution is 2.24. The largest absolute Gasteiger partial charge is 0.487 e. The second kappa shape index (κ2) is 6.93. The fourth-order valence-corrected chi connectivity index (χ4v) is 2.64. The summed E-state index contributed by atoms with van der Waals surface area (Å²) in [4.78, 5) is 15.8. The molecule has 0 saturated heterocycles. The maximum Gasteiger partial charge on any atom is 0.309 e. The van der Waals surface area contributed by atoms with Gasteiger partial charge in [0.05, 0.1) is 16.6 Å². The molecule has 0 atom stereocenters. The first-order valence-corrected chi connectivity index (χ1v) is 8.24. The summed E-state index contributed by atoms with van der Waals surface area (Å²) < 4.78 is 5.79. The van der Waals surface area contributed by atoms with E-state index in [-0.39, 0.29) is 0 Å². The fraction of sp³-hybridized carbons (Fsp3) is 0.238. The van der Waals surface area contributed by atoms with Crippen LogP contribution in [0.15, 0.2) is 60.7 Å². The van der Waals surface area contributed by atoms with Gasteiger partial charge >= 0.3 is 5.97 Å². The number of carboxylic acid groups (broad SMARTS) is 1. The van der Waals surface area contributed by atoms with Crippen LogP contribution in [0.2, 0.25) is 0 Å². The Kier molecular flexibility index (Phi) is 4.70. The average Bonchev–Trinajstić information content (AvgIpc) is 2.60. The van der Waals surface area contributed by atoms with Gasteiger partial charge in [-0.3, -0.25) is 4.79 Å². The molecule has 0 bridgehead atoms. The number of carbonyl (C=O) groups is 1. The van der Waals surface area contributed by atoms with Crippen molar-refractivity contribution in [3.8, 4) is 5.75 Å². The Morgan fingerprint density at radius 2 is 1.76 bits per heavy atom. The van der Waals surface area contributed by atoms with E-state index in [1.54, 1.807) is 13.8 Å². The number of hydrogen-bond acceptors (Lipinski definition) is 3. The van der Waals surface area contributed by atoms with E-state index in [4.69, 9.17) is 4.74 Å². The quantitative estimate of drug-likeness (QED) is 0.722. The molecule has 1 aromatic heterocycles. The Labute approximate surface area is 147 Å². The van der Waals surface area contributed by atoms with Crippen molar-refractivity contribution in [1.82, 2.24) is 4.98 Å². The van der Waals surface area contributed by atoms with Gasteiger partial charge in [0.1, 0.15) is 12.4 Å². The minimum atomic E-state index is -0.796. The Bertz CT molecular complexity index is 885. The third-order valence-corrected chi connectivity index (χ3v) is 4.19. The van der Waals surface area contributed by atoms with E-state index in [2.05, 4.69) is 4.98 Å². The van der Waals surface area contributed by atoms with Gasteiger partial charge in [0.15, 0.2) is 0 Å². The molecule has 0 aliphatic heterocycles. The lowest BCUT2D eigenvalue weighted by atomic mass is 9.86. The molecule has 0 amide bonds. The predicted molar refractivity (Wildman–Crippen MR) is 97.6 cm³/mol. The van der Waals surface area contributed by atoms with E-state index in [0.717, 1.165) is 27.9 Å². The number of ether oxygens (including phenoxy) is 1. The summed E-state index contributed by atoms with van der Waals surface area (Å²) in [5.41, 5.74) is 2.02. The molecule has 0 fully saturated rings. The van der Waals surface area contributed by atoms with E-state index in [9.17, 15) is 9.90 Å². The molecule has 3 rings (SSSR count). The number of pyridine rings is 1. The number of rotatable bonds is 6. The third-order valence-electron chi connectivity index (χ3n) is 4.19. The van der Waals surface area contributed by atoms with Crippen LogP contribution in [-0.4, -0.2) is 16.1 Å². The van der Waals surface area contributed by atoms with Gasteiger partial charge in [-0.15, -0.1) is 0 Å². The lowest BCUT2D eigenvalue weighted by Crippen LogP contribution is -2.26. The zero-order valence-electron chi connectivity index (χ0n) is 14.4. The number of aromatic nitrogens is 1. The van der Waals surface area contributed by atoms with Crippen LogP contribution in [0.1, 0.15) is 25.1 Å². The number of nitrogens with zero attached hydrogens (tertiary/aromatic N) is 1. The van der Waals surface area contributed by atoms with E-state index in [0.29, 0.717) is 13.0 Å². The minimum absolute atomic E-state index is 0.394. The number of fused-ring (bicyclic) bond motifs is 1. The molecule has 0 saturated carbocycles. The van der Waals surface area contributed by atoms with Crippen molar-refractivity contribution < 1.29 is 14.6 Å². The maximum absolute atomic E-state index is 11.2. The van der Waals surface area contributed by atoms with Crippen LogP contribution in [-0.2, 0) is 17.8 Å². The van der Waals surface area contributed by atoms with Crippen LogP contribution in [0.3, 0.4) is 0 Å². The number of benzene rings is 2. The van der Waals surface area contributed by atoms with Crippen LogP contribution in [0.25, 0.3) is 10.9 Å². The lowest BCUT2D eigenvalue weighted by molar-refractivity contribution is -0.146. The van der Waals surface area contributed by atoms with Crippen LogP contribution in [0.4, 0.5) is 0 Å². The third kappa shape index (κ3) is 4.15. The minimum Gasteiger partial charge on any atom is -0.487 e. The Morgan fingerprint density at radius 1 is 1.04 bits per heavy atom.